The lowest BCUT2D eigenvalue weighted by molar-refractivity contribution is 1.65. The van der Waals surface area contributed by atoms with Gasteiger partial charge in [0.2, 0.25) is 13.4 Å². The molecule has 0 N–H and O–H groups in total. The van der Waals surface area contributed by atoms with Crippen molar-refractivity contribution in [3.05, 3.63) is 133 Å². The van der Waals surface area contributed by atoms with Crippen LogP contribution >= 0.6 is 0 Å². The van der Waals surface area contributed by atoms with E-state index in [2.05, 4.69) is 133 Å². The molecule has 0 unspecified atom stereocenters. The van der Waals surface area contributed by atoms with E-state index in [-0.39, 0.29) is 13.4 Å². The van der Waals surface area contributed by atoms with Crippen LogP contribution in [0.15, 0.2) is 133 Å². The Hall–Kier alpha value is -6.11. The van der Waals surface area contributed by atoms with Gasteiger partial charge in [0, 0.05) is 0 Å². The zero-order valence-corrected chi connectivity index (χ0v) is 26.9. The lowest BCUT2D eigenvalue weighted by Crippen LogP contribution is -2.79. The molecule has 0 spiro atoms. The van der Waals surface area contributed by atoms with Gasteiger partial charge < -0.3 is 0 Å². The van der Waals surface area contributed by atoms with Gasteiger partial charge in [-0.05, 0) is 121 Å². The highest BCUT2D eigenvalue weighted by atomic mass is 14.4. The van der Waals surface area contributed by atoms with Crippen molar-refractivity contribution in [2.45, 2.75) is 0 Å². The van der Waals surface area contributed by atoms with Crippen LogP contribution in [0, 0.1) is 0 Å². The normalized spacial score (nSPS) is 14.3. The van der Waals surface area contributed by atoms with Crippen LogP contribution in [0.25, 0.3) is 109 Å². The summed E-state index contributed by atoms with van der Waals surface area (Å²) in [4.78, 5) is 0. The molecule has 15 rings (SSSR count). The minimum atomic E-state index is 0.175. The maximum atomic E-state index is 2.47. The third-order valence-electron chi connectivity index (χ3n) is 13.5. The summed E-state index contributed by atoms with van der Waals surface area (Å²) in [6.07, 6.45) is 0. The molecule has 0 saturated carbocycles. The summed E-state index contributed by atoms with van der Waals surface area (Å²) in [6.45, 7) is 0.350. The fourth-order valence-electron chi connectivity index (χ4n) is 12.1. The largest absolute Gasteiger partial charge is 0.243 e. The van der Waals surface area contributed by atoms with Crippen molar-refractivity contribution in [2.75, 3.05) is 0 Å². The Kier molecular flexibility index (Phi) is 3.63. The Bertz CT molecular complexity index is 2990. The highest BCUT2D eigenvalue weighted by molar-refractivity contribution is 7.17. The Morgan fingerprint density at radius 1 is 0.260 bits per heavy atom. The topological polar surface area (TPSA) is 0 Å². The Morgan fingerprint density at radius 2 is 0.540 bits per heavy atom. The molecule has 0 nitrogen and oxygen atoms in total. The van der Waals surface area contributed by atoms with Gasteiger partial charge in [0.1, 0.15) is 0 Å². The molecule has 10 aromatic rings. The second kappa shape index (κ2) is 7.54. The molecule has 0 aliphatic carbocycles. The van der Waals surface area contributed by atoms with E-state index < -0.39 is 0 Å². The van der Waals surface area contributed by atoms with Crippen LogP contribution in [0.1, 0.15) is 0 Å². The SMILES string of the molecule is c1cc2c3c4c5c(cccc5cc3c1)-c1c3c5c(c6ccccc16)-c1cccc6cc7cccc8c7c(c16)B5c1c(c-2c2ccccc2c1-8)B34. The molecule has 5 heterocycles. The van der Waals surface area contributed by atoms with E-state index in [1.807, 2.05) is 0 Å². The van der Waals surface area contributed by atoms with Crippen LogP contribution in [-0.4, -0.2) is 13.4 Å². The minimum Gasteiger partial charge on any atom is -0.0642 e. The summed E-state index contributed by atoms with van der Waals surface area (Å²) in [5, 5.41) is 16.8. The first-order chi connectivity index (χ1) is 24.9. The van der Waals surface area contributed by atoms with E-state index in [4.69, 9.17) is 0 Å². The number of fused-ring (bicyclic) bond motifs is 10. The number of benzene rings is 10. The number of rotatable bonds is 0. The molecule has 0 radical (unpaired) electrons. The van der Waals surface area contributed by atoms with Crippen molar-refractivity contribution < 1.29 is 0 Å². The average molecular weight is 620 g/mol. The van der Waals surface area contributed by atoms with Crippen LogP contribution in [-0.2, 0) is 0 Å². The molecule has 2 heteroatoms. The van der Waals surface area contributed by atoms with Crippen molar-refractivity contribution in [1.29, 1.82) is 0 Å². The van der Waals surface area contributed by atoms with Gasteiger partial charge in [0.25, 0.3) is 0 Å². The van der Waals surface area contributed by atoms with Gasteiger partial charge in [0.05, 0.1) is 0 Å². The van der Waals surface area contributed by atoms with Crippen LogP contribution in [0.4, 0.5) is 0 Å². The summed E-state index contributed by atoms with van der Waals surface area (Å²) in [6, 6.07) is 52.0. The number of hydrogen-bond donors (Lipinski definition) is 0. The highest BCUT2D eigenvalue weighted by Gasteiger charge is 2.53. The second-order valence-electron chi connectivity index (χ2n) is 15.3. The Labute approximate surface area is 287 Å². The molecule has 0 aromatic heterocycles. The van der Waals surface area contributed by atoms with Crippen LogP contribution in [0.3, 0.4) is 0 Å². The first kappa shape index (κ1) is 24.1. The van der Waals surface area contributed by atoms with E-state index in [1.165, 1.54) is 120 Å². The molecular formula is C48H22B2. The molecule has 10 aromatic carbocycles. The molecule has 5 aliphatic heterocycles. The van der Waals surface area contributed by atoms with Gasteiger partial charge in [-0.2, -0.15) is 0 Å². The molecule has 5 aliphatic rings. The molecule has 0 amide bonds. The van der Waals surface area contributed by atoms with Crippen molar-refractivity contribution in [1.82, 2.24) is 0 Å². The third kappa shape index (κ3) is 2.26. The lowest BCUT2D eigenvalue weighted by atomic mass is 9.16. The van der Waals surface area contributed by atoms with Gasteiger partial charge in [0.15, 0.2) is 0 Å². The Balaban J connectivity index is 1.36. The van der Waals surface area contributed by atoms with E-state index in [0.29, 0.717) is 0 Å². The predicted octanol–water partition coefficient (Wildman–Crippen LogP) is 7.87. The zero-order chi connectivity index (χ0) is 31.7. The van der Waals surface area contributed by atoms with Crippen molar-refractivity contribution in [3.63, 3.8) is 0 Å². The first-order valence-corrected chi connectivity index (χ1v) is 18.0. The maximum Gasteiger partial charge on any atom is 0.243 e. The lowest BCUT2D eigenvalue weighted by Gasteiger charge is -2.47. The van der Waals surface area contributed by atoms with Gasteiger partial charge in [-0.3, -0.25) is 0 Å². The van der Waals surface area contributed by atoms with E-state index in [0.717, 1.165) is 0 Å². The fraction of sp³-hybridized carbons (Fsp3) is 0. The molecular weight excluding hydrogens is 598 g/mol. The van der Waals surface area contributed by atoms with Gasteiger partial charge in [-0.25, -0.2) is 0 Å². The molecule has 0 saturated heterocycles. The van der Waals surface area contributed by atoms with E-state index >= 15 is 0 Å². The summed E-state index contributed by atoms with van der Waals surface area (Å²) >= 11 is 0. The van der Waals surface area contributed by atoms with E-state index in [9.17, 15) is 0 Å². The van der Waals surface area contributed by atoms with Crippen molar-refractivity contribution in [3.8, 4) is 44.5 Å². The van der Waals surface area contributed by atoms with Gasteiger partial charge in [-0.15, -0.1) is 0 Å². The molecule has 50 heavy (non-hydrogen) atoms. The molecule has 0 atom stereocenters. The molecule has 220 valence electrons. The second-order valence-corrected chi connectivity index (χ2v) is 15.3. The summed E-state index contributed by atoms with van der Waals surface area (Å²) < 4.78 is 0. The number of hydrogen-bond acceptors (Lipinski definition) is 0. The first-order valence-electron chi connectivity index (χ1n) is 18.0. The zero-order valence-electron chi connectivity index (χ0n) is 26.9. The van der Waals surface area contributed by atoms with Crippen LogP contribution in [0.5, 0.6) is 0 Å². The maximum absolute atomic E-state index is 2.47. The summed E-state index contributed by atoms with van der Waals surface area (Å²) in [5.74, 6) is 0. The predicted molar refractivity (Wildman–Crippen MR) is 216 cm³/mol. The van der Waals surface area contributed by atoms with Crippen molar-refractivity contribution >= 4 is 111 Å². The molecule has 0 fully saturated rings. The molecule has 0 bridgehead atoms. The Morgan fingerprint density at radius 3 is 0.820 bits per heavy atom. The minimum absolute atomic E-state index is 0.175. The average Bonchev–Trinajstić information content (AvgIpc) is 3.17. The quantitative estimate of drug-likeness (QED) is 0.120. The highest BCUT2D eigenvalue weighted by Crippen LogP contribution is 2.50. The van der Waals surface area contributed by atoms with Crippen molar-refractivity contribution in [2.24, 2.45) is 0 Å². The van der Waals surface area contributed by atoms with Crippen LogP contribution in [0.2, 0.25) is 0 Å². The summed E-state index contributed by atoms with van der Waals surface area (Å²) in [7, 11) is 0. The van der Waals surface area contributed by atoms with Gasteiger partial charge >= 0.3 is 0 Å². The van der Waals surface area contributed by atoms with Gasteiger partial charge in [-0.1, -0.05) is 154 Å². The monoisotopic (exact) mass is 620 g/mol. The standard InChI is InChI=1S/C48H22B2/c1-2-14-28-27(13-1)39-31-17-5-9-23-21-25-11-7-19-33-37(25)43(35(23)31)49-45(39)46-40(28)32-18-6-10-24-22-26-12-8-20-34-38(26)44(36(24)32)50(46)48-42(34)30-16-4-3-15-29(30)41(33)47(48)49/h1-22H. The fourth-order valence-corrected chi connectivity index (χ4v) is 12.1. The third-order valence-corrected chi connectivity index (χ3v) is 13.5. The summed E-state index contributed by atoms with van der Waals surface area (Å²) in [5.41, 5.74) is 20.9. The van der Waals surface area contributed by atoms with Crippen LogP contribution < -0.4 is 32.8 Å². The smallest absolute Gasteiger partial charge is 0.0642 e. The van der Waals surface area contributed by atoms with E-state index in [1.54, 1.807) is 21.9 Å².